The lowest BCUT2D eigenvalue weighted by Gasteiger charge is -2.35. The Kier molecular flexibility index (Phi) is 9.85. The van der Waals surface area contributed by atoms with Gasteiger partial charge in [0.05, 0.1) is 5.41 Å². The van der Waals surface area contributed by atoms with Gasteiger partial charge < -0.3 is 4.90 Å². The van der Waals surface area contributed by atoms with Gasteiger partial charge in [0.15, 0.2) is 0 Å². The van der Waals surface area contributed by atoms with Crippen LogP contribution in [0, 0.1) is 0 Å². The van der Waals surface area contributed by atoms with E-state index in [0.717, 1.165) is 17.1 Å². The molecular weight excluding hydrogens is 879 g/mol. The van der Waals surface area contributed by atoms with Gasteiger partial charge in [-0.1, -0.05) is 244 Å². The number of hydrogen-bond donors (Lipinski definition) is 0. The van der Waals surface area contributed by atoms with Gasteiger partial charge in [0.25, 0.3) is 0 Å². The summed E-state index contributed by atoms with van der Waals surface area (Å²) in [5.74, 6) is 0. The van der Waals surface area contributed by atoms with Gasteiger partial charge in [-0.25, -0.2) is 0 Å². The number of nitrogens with zero attached hydrogens (tertiary/aromatic N) is 1. The van der Waals surface area contributed by atoms with Crippen LogP contribution in [0.2, 0.25) is 0 Å². The normalized spacial score (nSPS) is 13.6. The van der Waals surface area contributed by atoms with Gasteiger partial charge in [0, 0.05) is 22.5 Å². The van der Waals surface area contributed by atoms with Crippen molar-refractivity contribution in [3.8, 4) is 55.6 Å². The lowest BCUT2D eigenvalue weighted by molar-refractivity contribution is 0.660. The minimum Gasteiger partial charge on any atom is -0.310 e. The van der Waals surface area contributed by atoms with Crippen molar-refractivity contribution in [2.24, 2.45) is 0 Å². The fourth-order valence-corrected chi connectivity index (χ4v) is 12.8. The summed E-state index contributed by atoms with van der Waals surface area (Å²) in [5.41, 5.74) is 23.0. The fraction of sp³-hybridized carbons (Fsp3) is 0.0556. The monoisotopic (exact) mass is 929 g/mol. The Hall–Kier alpha value is -9.04. The van der Waals surface area contributed by atoms with Crippen molar-refractivity contribution >= 4 is 38.6 Å². The molecule has 0 spiro atoms. The molecule has 73 heavy (non-hydrogen) atoms. The zero-order valence-corrected chi connectivity index (χ0v) is 40.9. The third-order valence-corrected chi connectivity index (χ3v) is 16.1. The van der Waals surface area contributed by atoms with Gasteiger partial charge in [-0.05, 0) is 153 Å². The molecule has 2 aliphatic rings. The van der Waals surface area contributed by atoms with Crippen LogP contribution in [0.25, 0.3) is 77.2 Å². The Bertz CT molecular complexity index is 4040. The topological polar surface area (TPSA) is 3.24 Å². The van der Waals surface area contributed by atoms with Crippen molar-refractivity contribution in [2.45, 2.75) is 24.7 Å². The maximum atomic E-state index is 2.49. The molecule has 0 fully saturated rings. The first-order valence-electron chi connectivity index (χ1n) is 25.6. The highest BCUT2D eigenvalue weighted by atomic mass is 15.1. The molecule has 14 rings (SSSR count). The molecule has 2 aliphatic carbocycles. The van der Waals surface area contributed by atoms with E-state index in [1.165, 1.54) is 111 Å². The van der Waals surface area contributed by atoms with Crippen molar-refractivity contribution < 1.29 is 0 Å². The van der Waals surface area contributed by atoms with E-state index in [1.54, 1.807) is 0 Å². The molecule has 0 atom stereocenters. The minimum atomic E-state index is -0.526. The van der Waals surface area contributed by atoms with Crippen LogP contribution in [0.15, 0.2) is 273 Å². The summed E-state index contributed by atoms with van der Waals surface area (Å²) in [5, 5.41) is 5.02. The average molecular weight is 930 g/mol. The molecule has 344 valence electrons. The summed E-state index contributed by atoms with van der Waals surface area (Å²) in [6.45, 7) is 4.75. The molecule has 0 unspecified atom stereocenters. The Labute approximate surface area is 428 Å². The van der Waals surface area contributed by atoms with E-state index in [9.17, 15) is 0 Å². The van der Waals surface area contributed by atoms with Gasteiger partial charge >= 0.3 is 0 Å². The van der Waals surface area contributed by atoms with Crippen LogP contribution in [0.1, 0.15) is 47.2 Å². The first-order valence-corrected chi connectivity index (χ1v) is 25.6. The first kappa shape index (κ1) is 42.8. The third-order valence-electron chi connectivity index (χ3n) is 16.1. The molecule has 0 saturated carbocycles. The molecule has 0 heterocycles. The average Bonchev–Trinajstić information content (AvgIpc) is 3.89. The lowest BCUT2D eigenvalue weighted by atomic mass is 9.67. The molecule has 0 radical (unpaired) electrons. The number of fused-ring (bicyclic) bond motifs is 9. The van der Waals surface area contributed by atoms with Gasteiger partial charge in [0.1, 0.15) is 0 Å². The van der Waals surface area contributed by atoms with Gasteiger partial charge in [0.2, 0.25) is 0 Å². The highest BCUT2D eigenvalue weighted by Gasteiger charge is 2.46. The van der Waals surface area contributed by atoms with Crippen LogP contribution in [0.5, 0.6) is 0 Å². The zero-order valence-electron chi connectivity index (χ0n) is 40.9. The maximum Gasteiger partial charge on any atom is 0.0714 e. The summed E-state index contributed by atoms with van der Waals surface area (Å²) < 4.78 is 0. The molecule has 0 bridgehead atoms. The van der Waals surface area contributed by atoms with Crippen molar-refractivity contribution in [3.05, 3.63) is 306 Å². The third kappa shape index (κ3) is 6.55. The molecule has 12 aromatic rings. The molecule has 12 aromatic carbocycles. The predicted molar refractivity (Wildman–Crippen MR) is 307 cm³/mol. The quantitative estimate of drug-likeness (QED) is 0.137. The number of benzene rings is 12. The van der Waals surface area contributed by atoms with E-state index >= 15 is 0 Å². The Morgan fingerprint density at radius 1 is 0.260 bits per heavy atom. The second-order valence-corrected chi connectivity index (χ2v) is 20.3. The van der Waals surface area contributed by atoms with Gasteiger partial charge in [-0.2, -0.15) is 0 Å². The smallest absolute Gasteiger partial charge is 0.0714 e. The molecule has 0 aliphatic heterocycles. The molecule has 0 amide bonds. The van der Waals surface area contributed by atoms with Crippen molar-refractivity contribution in [2.75, 3.05) is 4.90 Å². The Balaban J connectivity index is 0.965. The molecule has 1 nitrogen and oxygen atoms in total. The van der Waals surface area contributed by atoms with E-state index in [2.05, 4.69) is 292 Å². The van der Waals surface area contributed by atoms with Crippen molar-refractivity contribution in [1.82, 2.24) is 0 Å². The van der Waals surface area contributed by atoms with Crippen LogP contribution in [0.4, 0.5) is 17.1 Å². The summed E-state index contributed by atoms with van der Waals surface area (Å²) >= 11 is 0. The minimum absolute atomic E-state index is 0.160. The standard InChI is InChI=1S/C72H51N/c1-71(2)65-33-19-17-30-59(65)61-43-40-55(46-67(61)71)73(56-41-44-62-60-31-18-20-34-66(60)72(68(62)47-56,52-25-11-5-12-26-52)53-27-13-6-14-28-53)54-38-35-48(36-39-54)51-37-42-58-57-29-15-16-32-63(57)69(49-21-7-3-8-22-49)70(64(58)45-51)50-23-9-4-10-24-50/h3-47H,1-2H3. The second-order valence-electron chi connectivity index (χ2n) is 20.3. The summed E-state index contributed by atoms with van der Waals surface area (Å²) in [6.07, 6.45) is 0. The van der Waals surface area contributed by atoms with E-state index in [4.69, 9.17) is 0 Å². The maximum absolute atomic E-state index is 2.49. The van der Waals surface area contributed by atoms with Crippen molar-refractivity contribution in [1.29, 1.82) is 0 Å². The fourth-order valence-electron chi connectivity index (χ4n) is 12.8. The SMILES string of the molecule is CC1(C)c2ccccc2-c2ccc(N(c3ccc(-c4ccc5c(c4)c(-c4ccccc4)c(-c4ccccc4)c4ccccc45)cc3)c3ccc4c(c3)C(c3ccccc3)(c3ccccc3)c3ccccc3-4)cc21. The van der Waals surface area contributed by atoms with Gasteiger partial charge in [-0.3, -0.25) is 0 Å². The highest BCUT2D eigenvalue weighted by molar-refractivity contribution is 6.22. The highest BCUT2D eigenvalue weighted by Crippen LogP contribution is 2.58. The van der Waals surface area contributed by atoms with Crippen LogP contribution >= 0.6 is 0 Å². The van der Waals surface area contributed by atoms with E-state index < -0.39 is 5.41 Å². The van der Waals surface area contributed by atoms with Crippen molar-refractivity contribution in [3.63, 3.8) is 0 Å². The Morgan fingerprint density at radius 2 is 0.685 bits per heavy atom. The zero-order chi connectivity index (χ0) is 48.7. The summed E-state index contributed by atoms with van der Waals surface area (Å²) in [4.78, 5) is 2.49. The molecule has 0 saturated heterocycles. The second kappa shape index (κ2) is 16.8. The van der Waals surface area contributed by atoms with Gasteiger partial charge in [-0.15, -0.1) is 0 Å². The van der Waals surface area contributed by atoms with E-state index in [0.29, 0.717) is 0 Å². The molecule has 0 aromatic heterocycles. The van der Waals surface area contributed by atoms with E-state index in [-0.39, 0.29) is 5.41 Å². The number of hydrogen-bond acceptors (Lipinski definition) is 1. The lowest BCUT2D eigenvalue weighted by Crippen LogP contribution is -2.28. The van der Waals surface area contributed by atoms with Crippen LogP contribution in [0.3, 0.4) is 0 Å². The molecular formula is C72H51N. The number of rotatable bonds is 8. The van der Waals surface area contributed by atoms with Crippen LogP contribution < -0.4 is 4.90 Å². The number of anilines is 3. The van der Waals surface area contributed by atoms with E-state index in [1.807, 2.05) is 0 Å². The summed E-state index contributed by atoms with van der Waals surface area (Å²) in [7, 11) is 0. The first-order chi connectivity index (χ1) is 36.0. The van der Waals surface area contributed by atoms with Crippen LogP contribution in [-0.4, -0.2) is 0 Å². The largest absolute Gasteiger partial charge is 0.310 e. The predicted octanol–water partition coefficient (Wildman–Crippen LogP) is 19.1. The molecule has 1 heteroatoms. The summed E-state index contributed by atoms with van der Waals surface area (Å²) in [6, 6.07) is 102. The van der Waals surface area contributed by atoms with Crippen LogP contribution in [-0.2, 0) is 10.8 Å². The molecule has 0 N–H and O–H groups in total. The Morgan fingerprint density at radius 3 is 1.30 bits per heavy atom.